The number of carbonyl (C=O) groups excluding carboxylic acids is 1. The lowest BCUT2D eigenvalue weighted by Gasteiger charge is -2.43. The molecule has 21 heavy (non-hydrogen) atoms. The molecule has 2 aliphatic carbocycles. The highest BCUT2D eigenvalue weighted by atomic mass is 32.2. The van der Waals surface area contributed by atoms with E-state index in [2.05, 4.69) is 0 Å². The standard InChI is InChI=1S/C15H26N2O3S/c16-12-5-3-4-11(12)10-15(18)17-8-9-21(19,20)14-7-2-1-6-13(14)17/h11-14H,1-10,16H2/t11-,12+,13?,14?/m0/s1. The van der Waals surface area contributed by atoms with Crippen molar-refractivity contribution in [1.82, 2.24) is 4.90 Å². The molecule has 0 aromatic heterocycles. The van der Waals surface area contributed by atoms with Gasteiger partial charge < -0.3 is 10.6 Å². The minimum absolute atomic E-state index is 0.0809. The van der Waals surface area contributed by atoms with Gasteiger partial charge in [0.15, 0.2) is 9.84 Å². The summed E-state index contributed by atoms with van der Waals surface area (Å²) < 4.78 is 24.4. The van der Waals surface area contributed by atoms with Gasteiger partial charge in [-0.05, 0) is 31.6 Å². The van der Waals surface area contributed by atoms with Crippen molar-refractivity contribution in [2.45, 2.75) is 68.7 Å². The fraction of sp³-hybridized carbons (Fsp3) is 0.933. The van der Waals surface area contributed by atoms with Gasteiger partial charge in [-0.1, -0.05) is 19.3 Å². The van der Waals surface area contributed by atoms with Gasteiger partial charge in [-0.15, -0.1) is 0 Å². The van der Waals surface area contributed by atoms with Gasteiger partial charge in [0, 0.05) is 25.0 Å². The molecular formula is C15H26N2O3S. The van der Waals surface area contributed by atoms with Crippen molar-refractivity contribution in [3.8, 4) is 0 Å². The quantitative estimate of drug-likeness (QED) is 0.827. The molecule has 3 fully saturated rings. The summed E-state index contributed by atoms with van der Waals surface area (Å²) in [6.07, 6.45) is 7.22. The number of nitrogens with two attached hydrogens (primary N) is 1. The molecule has 3 rings (SSSR count). The van der Waals surface area contributed by atoms with E-state index >= 15 is 0 Å². The van der Waals surface area contributed by atoms with Crippen LogP contribution in [0.25, 0.3) is 0 Å². The first kappa shape index (κ1) is 15.3. The zero-order chi connectivity index (χ0) is 15.0. The molecule has 1 saturated heterocycles. The van der Waals surface area contributed by atoms with Crippen molar-refractivity contribution in [2.24, 2.45) is 11.7 Å². The topological polar surface area (TPSA) is 80.5 Å². The van der Waals surface area contributed by atoms with E-state index in [0.29, 0.717) is 13.0 Å². The first-order chi connectivity index (χ1) is 9.99. The van der Waals surface area contributed by atoms with E-state index in [-0.39, 0.29) is 34.9 Å². The maximum Gasteiger partial charge on any atom is 0.223 e. The lowest BCUT2D eigenvalue weighted by Crippen LogP contribution is -2.58. The normalized spacial score (nSPS) is 39.0. The monoisotopic (exact) mass is 314 g/mol. The number of hydrogen-bond acceptors (Lipinski definition) is 4. The van der Waals surface area contributed by atoms with Gasteiger partial charge in [0.2, 0.25) is 5.91 Å². The lowest BCUT2D eigenvalue weighted by atomic mass is 9.92. The lowest BCUT2D eigenvalue weighted by molar-refractivity contribution is -0.135. The summed E-state index contributed by atoms with van der Waals surface area (Å²) in [4.78, 5) is 14.5. The third-order valence-corrected chi connectivity index (χ3v) is 7.85. The van der Waals surface area contributed by atoms with Gasteiger partial charge in [-0.25, -0.2) is 8.42 Å². The van der Waals surface area contributed by atoms with E-state index in [9.17, 15) is 13.2 Å². The minimum Gasteiger partial charge on any atom is -0.337 e. The SMILES string of the molecule is N[C@@H]1CCC[C@H]1CC(=O)N1CCS(=O)(=O)C2CCCCC21. The van der Waals surface area contributed by atoms with Crippen LogP contribution in [0.15, 0.2) is 0 Å². The Kier molecular flexibility index (Phi) is 4.28. The van der Waals surface area contributed by atoms with E-state index in [1.807, 2.05) is 4.90 Å². The Bertz CT molecular complexity index is 505. The molecule has 2 unspecified atom stereocenters. The number of amides is 1. The smallest absolute Gasteiger partial charge is 0.223 e. The fourth-order valence-electron chi connectivity index (χ4n) is 4.37. The summed E-state index contributed by atoms with van der Waals surface area (Å²) in [5.41, 5.74) is 6.07. The molecule has 2 saturated carbocycles. The summed E-state index contributed by atoms with van der Waals surface area (Å²) in [6, 6.07) is 0.0623. The molecular weight excluding hydrogens is 288 g/mol. The molecule has 0 radical (unpaired) electrons. The molecule has 4 atom stereocenters. The second kappa shape index (κ2) is 5.88. The Hall–Kier alpha value is -0.620. The van der Waals surface area contributed by atoms with Crippen LogP contribution in [0.3, 0.4) is 0 Å². The van der Waals surface area contributed by atoms with Gasteiger partial charge in [0.1, 0.15) is 0 Å². The zero-order valence-corrected chi connectivity index (χ0v) is 13.4. The molecule has 1 heterocycles. The van der Waals surface area contributed by atoms with Crippen LogP contribution in [0.1, 0.15) is 51.4 Å². The molecule has 3 aliphatic rings. The summed E-state index contributed by atoms with van der Waals surface area (Å²) >= 11 is 0. The maximum atomic E-state index is 12.6. The highest BCUT2D eigenvalue weighted by Crippen LogP contribution is 2.34. The average molecular weight is 314 g/mol. The van der Waals surface area contributed by atoms with Crippen molar-refractivity contribution in [3.63, 3.8) is 0 Å². The Morgan fingerprint density at radius 2 is 1.86 bits per heavy atom. The number of rotatable bonds is 2. The van der Waals surface area contributed by atoms with Crippen LogP contribution in [-0.2, 0) is 14.6 Å². The zero-order valence-electron chi connectivity index (χ0n) is 12.5. The Morgan fingerprint density at radius 3 is 2.57 bits per heavy atom. The maximum absolute atomic E-state index is 12.6. The van der Waals surface area contributed by atoms with Crippen LogP contribution < -0.4 is 5.73 Å². The summed E-state index contributed by atoms with van der Waals surface area (Å²) in [6.45, 7) is 0.379. The summed E-state index contributed by atoms with van der Waals surface area (Å²) in [5, 5.41) is -0.318. The van der Waals surface area contributed by atoms with Gasteiger partial charge in [0.05, 0.1) is 11.0 Å². The van der Waals surface area contributed by atoms with Gasteiger partial charge in [-0.3, -0.25) is 4.79 Å². The van der Waals surface area contributed by atoms with E-state index in [0.717, 1.165) is 44.9 Å². The van der Waals surface area contributed by atoms with Crippen LogP contribution in [0.2, 0.25) is 0 Å². The van der Waals surface area contributed by atoms with Crippen molar-refractivity contribution >= 4 is 15.7 Å². The molecule has 0 bridgehead atoms. The average Bonchev–Trinajstić information content (AvgIpc) is 2.84. The Balaban J connectivity index is 1.71. The van der Waals surface area contributed by atoms with Crippen molar-refractivity contribution in [2.75, 3.05) is 12.3 Å². The number of hydrogen-bond donors (Lipinski definition) is 1. The van der Waals surface area contributed by atoms with E-state index in [1.54, 1.807) is 0 Å². The van der Waals surface area contributed by atoms with Gasteiger partial charge >= 0.3 is 0 Å². The van der Waals surface area contributed by atoms with E-state index in [4.69, 9.17) is 5.73 Å². The van der Waals surface area contributed by atoms with Gasteiger partial charge in [-0.2, -0.15) is 0 Å². The molecule has 2 N–H and O–H groups in total. The molecule has 5 nitrogen and oxygen atoms in total. The largest absolute Gasteiger partial charge is 0.337 e. The summed E-state index contributed by atoms with van der Waals surface area (Å²) in [7, 11) is -3.01. The molecule has 6 heteroatoms. The molecule has 0 aromatic rings. The van der Waals surface area contributed by atoms with Crippen LogP contribution in [0.4, 0.5) is 0 Å². The second-order valence-corrected chi connectivity index (χ2v) is 9.24. The fourth-order valence-corrected chi connectivity index (χ4v) is 6.41. The molecule has 1 aliphatic heterocycles. The number of fused-ring (bicyclic) bond motifs is 1. The second-order valence-electron chi connectivity index (χ2n) is 6.90. The van der Waals surface area contributed by atoms with Gasteiger partial charge in [0.25, 0.3) is 0 Å². The van der Waals surface area contributed by atoms with E-state index < -0.39 is 9.84 Å². The summed E-state index contributed by atoms with van der Waals surface area (Å²) in [5.74, 6) is 0.554. The number of nitrogens with zero attached hydrogens (tertiary/aromatic N) is 1. The number of carbonyl (C=O) groups is 1. The first-order valence-electron chi connectivity index (χ1n) is 8.25. The first-order valence-corrected chi connectivity index (χ1v) is 9.97. The predicted octanol–water partition coefficient (Wildman–Crippen LogP) is 1.07. The highest BCUT2D eigenvalue weighted by Gasteiger charge is 2.44. The predicted molar refractivity (Wildman–Crippen MR) is 81.5 cm³/mol. The van der Waals surface area contributed by atoms with Crippen LogP contribution in [-0.4, -0.2) is 48.9 Å². The molecule has 120 valence electrons. The van der Waals surface area contributed by atoms with Crippen molar-refractivity contribution in [1.29, 1.82) is 0 Å². The van der Waals surface area contributed by atoms with Crippen molar-refractivity contribution < 1.29 is 13.2 Å². The van der Waals surface area contributed by atoms with Crippen LogP contribution in [0, 0.1) is 5.92 Å². The molecule has 1 amide bonds. The minimum atomic E-state index is -3.01. The van der Waals surface area contributed by atoms with Crippen LogP contribution >= 0.6 is 0 Å². The molecule has 0 aromatic carbocycles. The Morgan fingerprint density at radius 1 is 1.10 bits per heavy atom. The highest BCUT2D eigenvalue weighted by molar-refractivity contribution is 7.92. The number of sulfone groups is 1. The third-order valence-electron chi connectivity index (χ3n) is 5.62. The Labute approximate surface area is 127 Å². The van der Waals surface area contributed by atoms with E-state index in [1.165, 1.54) is 0 Å². The third kappa shape index (κ3) is 2.97. The van der Waals surface area contributed by atoms with Crippen molar-refractivity contribution in [3.05, 3.63) is 0 Å². The molecule has 0 spiro atoms. The van der Waals surface area contributed by atoms with Crippen LogP contribution in [0.5, 0.6) is 0 Å².